The van der Waals surface area contributed by atoms with Crippen molar-refractivity contribution in [1.29, 1.82) is 0 Å². The lowest BCUT2D eigenvalue weighted by molar-refractivity contribution is 0.596. The third kappa shape index (κ3) is 0.827. The smallest absolute Gasteiger partial charge is 0.231 e. The fraction of sp³-hybridized carbons (Fsp3) is 0.200. The number of aromatic nitrogens is 1. The minimum atomic E-state index is -3.42. The van der Waals surface area contributed by atoms with E-state index in [1.165, 1.54) is 16.8 Å². The SMILES string of the molecule is CC1=NS(=O)(=O)c2ncsc21. The zero-order valence-electron chi connectivity index (χ0n) is 5.60. The molecule has 1 aliphatic rings. The van der Waals surface area contributed by atoms with E-state index in [1.54, 1.807) is 6.92 Å². The quantitative estimate of drug-likeness (QED) is 0.600. The molecule has 0 aromatic carbocycles. The van der Waals surface area contributed by atoms with Crippen molar-refractivity contribution in [2.24, 2.45) is 4.40 Å². The summed E-state index contributed by atoms with van der Waals surface area (Å²) < 4.78 is 25.6. The van der Waals surface area contributed by atoms with Crippen LogP contribution in [0.2, 0.25) is 0 Å². The third-order valence-electron chi connectivity index (χ3n) is 1.36. The molecule has 0 N–H and O–H groups in total. The predicted octanol–water partition coefficient (Wildman–Crippen LogP) is 0.654. The van der Waals surface area contributed by atoms with Gasteiger partial charge in [-0.25, -0.2) is 4.98 Å². The van der Waals surface area contributed by atoms with Crippen LogP contribution in [-0.4, -0.2) is 19.1 Å². The highest BCUT2D eigenvalue weighted by molar-refractivity contribution is 7.90. The molecule has 0 spiro atoms. The van der Waals surface area contributed by atoms with Gasteiger partial charge in [0.25, 0.3) is 0 Å². The molecule has 0 bridgehead atoms. The van der Waals surface area contributed by atoms with Crippen molar-refractivity contribution >= 4 is 27.1 Å². The van der Waals surface area contributed by atoms with Crippen LogP contribution in [0.5, 0.6) is 0 Å². The molecule has 58 valence electrons. The summed E-state index contributed by atoms with van der Waals surface area (Å²) in [6.07, 6.45) is 0. The summed E-state index contributed by atoms with van der Waals surface area (Å²) in [7, 11) is -3.42. The van der Waals surface area contributed by atoms with Gasteiger partial charge < -0.3 is 0 Å². The highest BCUT2D eigenvalue weighted by Gasteiger charge is 2.29. The lowest BCUT2D eigenvalue weighted by Crippen LogP contribution is -1.91. The largest absolute Gasteiger partial charge is 0.301 e. The van der Waals surface area contributed by atoms with Gasteiger partial charge in [-0.2, -0.15) is 12.8 Å². The van der Waals surface area contributed by atoms with Crippen molar-refractivity contribution < 1.29 is 8.42 Å². The molecule has 0 atom stereocenters. The Hall–Kier alpha value is -0.750. The summed E-state index contributed by atoms with van der Waals surface area (Å²) in [6.45, 7) is 1.67. The third-order valence-corrected chi connectivity index (χ3v) is 3.74. The second kappa shape index (κ2) is 1.89. The number of nitrogens with zero attached hydrogens (tertiary/aromatic N) is 2. The minimum Gasteiger partial charge on any atom is -0.231 e. The molecule has 0 radical (unpaired) electrons. The number of hydrogen-bond donors (Lipinski definition) is 0. The molecule has 1 aliphatic heterocycles. The number of fused-ring (bicyclic) bond motifs is 1. The molecule has 1 aromatic rings. The maximum absolute atomic E-state index is 11.1. The summed E-state index contributed by atoms with van der Waals surface area (Å²) in [5.74, 6) is 0. The number of sulfonamides is 1. The van der Waals surface area contributed by atoms with Crippen LogP contribution in [0.3, 0.4) is 0 Å². The Kier molecular flexibility index (Phi) is 1.19. The maximum Gasteiger partial charge on any atom is 0.301 e. The monoisotopic (exact) mass is 188 g/mol. The molecule has 2 heterocycles. The van der Waals surface area contributed by atoms with Crippen LogP contribution in [0, 0.1) is 0 Å². The molecule has 2 rings (SSSR count). The molecular weight excluding hydrogens is 184 g/mol. The Morgan fingerprint density at radius 3 is 2.91 bits per heavy atom. The number of hydrogen-bond acceptors (Lipinski definition) is 4. The van der Waals surface area contributed by atoms with Gasteiger partial charge in [0.2, 0.25) is 0 Å². The summed E-state index contributed by atoms with van der Waals surface area (Å²) in [5.41, 5.74) is 2.06. The van der Waals surface area contributed by atoms with E-state index in [-0.39, 0.29) is 5.03 Å². The maximum atomic E-state index is 11.1. The van der Waals surface area contributed by atoms with Gasteiger partial charge in [-0.05, 0) is 6.92 Å². The summed E-state index contributed by atoms with van der Waals surface area (Å²) in [4.78, 5) is 4.39. The van der Waals surface area contributed by atoms with Crippen LogP contribution in [0.25, 0.3) is 0 Å². The average molecular weight is 188 g/mol. The van der Waals surface area contributed by atoms with Crippen LogP contribution in [0.1, 0.15) is 11.8 Å². The molecule has 6 heteroatoms. The van der Waals surface area contributed by atoms with Crippen molar-refractivity contribution in [1.82, 2.24) is 4.98 Å². The minimum absolute atomic E-state index is 0.111. The van der Waals surface area contributed by atoms with Crippen molar-refractivity contribution in [3.8, 4) is 0 Å². The van der Waals surface area contributed by atoms with Gasteiger partial charge in [0.05, 0.1) is 16.1 Å². The zero-order chi connectivity index (χ0) is 8.06. The fourth-order valence-corrected chi connectivity index (χ4v) is 3.25. The molecule has 4 nitrogen and oxygen atoms in total. The Bertz CT molecular complexity index is 429. The summed E-state index contributed by atoms with van der Waals surface area (Å²) in [5, 5.41) is 0.111. The fourth-order valence-electron chi connectivity index (χ4n) is 0.925. The molecule has 11 heavy (non-hydrogen) atoms. The van der Waals surface area contributed by atoms with Crippen LogP contribution < -0.4 is 0 Å². The van der Waals surface area contributed by atoms with E-state index in [2.05, 4.69) is 9.38 Å². The van der Waals surface area contributed by atoms with E-state index < -0.39 is 10.0 Å². The Morgan fingerprint density at radius 1 is 1.55 bits per heavy atom. The average Bonchev–Trinajstić information content (AvgIpc) is 2.37. The molecule has 1 aromatic heterocycles. The van der Waals surface area contributed by atoms with Crippen molar-refractivity contribution in [2.45, 2.75) is 11.9 Å². The van der Waals surface area contributed by atoms with Crippen LogP contribution in [0.4, 0.5) is 0 Å². The molecule has 0 amide bonds. The molecule has 0 unspecified atom stereocenters. The highest BCUT2D eigenvalue weighted by atomic mass is 32.2. The van der Waals surface area contributed by atoms with E-state index >= 15 is 0 Å². The van der Waals surface area contributed by atoms with Gasteiger partial charge in [0.15, 0.2) is 5.03 Å². The van der Waals surface area contributed by atoms with E-state index in [9.17, 15) is 8.42 Å². The van der Waals surface area contributed by atoms with Gasteiger partial charge in [-0.3, -0.25) is 0 Å². The predicted molar refractivity (Wildman–Crippen MR) is 41.5 cm³/mol. The van der Waals surface area contributed by atoms with Crippen molar-refractivity contribution in [3.63, 3.8) is 0 Å². The van der Waals surface area contributed by atoms with Gasteiger partial charge >= 0.3 is 10.0 Å². The molecular formula is C5H4N2O2S2. The first-order valence-corrected chi connectivity index (χ1v) is 5.18. The summed E-state index contributed by atoms with van der Waals surface area (Å²) >= 11 is 1.30. The first kappa shape index (κ1) is 6.93. The molecule has 0 aliphatic carbocycles. The number of rotatable bonds is 0. The lowest BCUT2D eigenvalue weighted by Gasteiger charge is -1.82. The van der Waals surface area contributed by atoms with E-state index in [0.717, 1.165) is 0 Å². The number of thiazole rings is 1. The second-order valence-corrected chi connectivity index (χ2v) is 4.51. The normalized spacial score (nSPS) is 19.5. The van der Waals surface area contributed by atoms with Crippen LogP contribution >= 0.6 is 11.3 Å². The van der Waals surface area contributed by atoms with E-state index in [1.807, 2.05) is 0 Å². The van der Waals surface area contributed by atoms with Crippen molar-refractivity contribution in [3.05, 3.63) is 10.4 Å². The van der Waals surface area contributed by atoms with Gasteiger partial charge in [0, 0.05) is 0 Å². The van der Waals surface area contributed by atoms with Crippen LogP contribution in [-0.2, 0) is 10.0 Å². The topological polar surface area (TPSA) is 59.4 Å². The van der Waals surface area contributed by atoms with E-state index in [0.29, 0.717) is 10.6 Å². The molecule has 0 saturated heterocycles. The van der Waals surface area contributed by atoms with Gasteiger partial charge in [0.1, 0.15) is 0 Å². The van der Waals surface area contributed by atoms with Crippen molar-refractivity contribution in [2.75, 3.05) is 0 Å². The van der Waals surface area contributed by atoms with Crippen LogP contribution in [0.15, 0.2) is 14.9 Å². The zero-order valence-corrected chi connectivity index (χ0v) is 7.24. The van der Waals surface area contributed by atoms with Gasteiger partial charge in [-0.1, -0.05) is 0 Å². The Labute approximate surface area is 67.7 Å². The second-order valence-electron chi connectivity index (χ2n) is 2.14. The highest BCUT2D eigenvalue weighted by Crippen LogP contribution is 2.27. The Balaban J connectivity index is 2.87. The molecule has 0 saturated carbocycles. The van der Waals surface area contributed by atoms with E-state index in [4.69, 9.17) is 0 Å². The lowest BCUT2D eigenvalue weighted by atomic mass is 10.4. The molecule has 0 fully saturated rings. The standard InChI is InChI=1S/C5H4N2O2S2/c1-3-4-5(6-2-10-4)11(8,9)7-3/h2H,1H3. The first-order chi connectivity index (χ1) is 5.11. The Morgan fingerprint density at radius 2 is 2.27 bits per heavy atom. The summed E-state index contributed by atoms with van der Waals surface area (Å²) in [6, 6.07) is 0. The first-order valence-electron chi connectivity index (χ1n) is 2.87. The van der Waals surface area contributed by atoms with Gasteiger partial charge in [-0.15, -0.1) is 11.3 Å².